The van der Waals surface area contributed by atoms with E-state index in [0.29, 0.717) is 12.8 Å². The number of piperidine rings is 1. The third-order valence-corrected chi connectivity index (χ3v) is 2.89. The Morgan fingerprint density at radius 2 is 1.82 bits per heavy atom. The van der Waals surface area contributed by atoms with Gasteiger partial charge in [0.25, 0.3) is 0 Å². The van der Waals surface area contributed by atoms with Gasteiger partial charge in [0.2, 0.25) is 11.8 Å². The van der Waals surface area contributed by atoms with Crippen molar-refractivity contribution in [3.63, 3.8) is 0 Å². The van der Waals surface area contributed by atoms with Crippen LogP contribution >= 0.6 is 11.8 Å². The first kappa shape index (κ1) is 8.59. The predicted molar refractivity (Wildman–Crippen MR) is 44.3 cm³/mol. The Labute approximate surface area is 70.1 Å². The molecule has 1 aliphatic heterocycles. The van der Waals surface area contributed by atoms with E-state index in [-0.39, 0.29) is 17.1 Å². The molecule has 0 radical (unpaired) electrons. The van der Waals surface area contributed by atoms with Crippen LogP contribution in [0, 0.1) is 0 Å². The zero-order chi connectivity index (χ0) is 8.43. The van der Waals surface area contributed by atoms with Crippen LogP contribution in [0.25, 0.3) is 0 Å². The highest BCUT2D eigenvalue weighted by Gasteiger charge is 2.28. The summed E-state index contributed by atoms with van der Waals surface area (Å²) in [7, 11) is 1.54. The van der Waals surface area contributed by atoms with Crippen molar-refractivity contribution in [1.82, 2.24) is 4.90 Å². The molecular weight excluding hydrogens is 162 g/mol. The molecule has 0 unspecified atom stereocenters. The van der Waals surface area contributed by atoms with Gasteiger partial charge in [0.05, 0.1) is 0 Å². The normalized spacial score (nSPS) is 21.1. The predicted octanol–water partition coefficient (Wildman–Crippen LogP) is 0.497. The van der Waals surface area contributed by atoms with Gasteiger partial charge < -0.3 is 0 Å². The van der Waals surface area contributed by atoms with Crippen LogP contribution in [0.4, 0.5) is 0 Å². The average Bonchev–Trinajstić information content (AvgIpc) is 1.99. The van der Waals surface area contributed by atoms with Crippen LogP contribution in [-0.4, -0.2) is 35.3 Å². The minimum atomic E-state index is -0.0550. The van der Waals surface area contributed by atoms with Crippen LogP contribution in [0.2, 0.25) is 0 Å². The number of carbonyl (C=O) groups is 2. The Morgan fingerprint density at radius 3 is 2.18 bits per heavy atom. The number of likely N-dealkylation sites (tertiary alicyclic amines) is 1. The number of nitrogens with zero attached hydrogens (tertiary/aromatic N) is 1. The number of imide groups is 1. The second-order valence-corrected chi connectivity index (χ2v) is 3.75. The molecule has 1 saturated heterocycles. The third kappa shape index (κ3) is 1.74. The van der Waals surface area contributed by atoms with Crippen molar-refractivity contribution in [3.8, 4) is 0 Å². The van der Waals surface area contributed by atoms with E-state index in [1.54, 1.807) is 18.8 Å². The van der Waals surface area contributed by atoms with E-state index in [0.717, 1.165) is 0 Å². The molecule has 0 spiro atoms. The first-order valence-electron chi connectivity index (χ1n) is 3.47. The first-order chi connectivity index (χ1) is 5.15. The monoisotopic (exact) mass is 173 g/mol. The maximum Gasteiger partial charge on any atom is 0.230 e. The van der Waals surface area contributed by atoms with Crippen LogP contribution in [0.1, 0.15) is 12.8 Å². The van der Waals surface area contributed by atoms with E-state index in [9.17, 15) is 9.59 Å². The Balaban J connectivity index is 2.62. The Hall–Kier alpha value is -0.510. The van der Waals surface area contributed by atoms with Crippen molar-refractivity contribution in [2.24, 2.45) is 0 Å². The molecule has 0 N–H and O–H groups in total. The van der Waals surface area contributed by atoms with Crippen molar-refractivity contribution in [2.75, 3.05) is 13.3 Å². The van der Waals surface area contributed by atoms with Gasteiger partial charge in [-0.05, 0) is 6.26 Å². The smallest absolute Gasteiger partial charge is 0.230 e. The third-order valence-electron chi connectivity index (χ3n) is 1.89. The van der Waals surface area contributed by atoms with Crippen LogP contribution in [0.15, 0.2) is 0 Å². The highest BCUT2D eigenvalue weighted by molar-refractivity contribution is 7.99. The molecule has 0 aromatic heterocycles. The van der Waals surface area contributed by atoms with Crippen LogP contribution in [0.3, 0.4) is 0 Å². The number of amides is 2. The van der Waals surface area contributed by atoms with Gasteiger partial charge in [-0.25, -0.2) is 0 Å². The summed E-state index contributed by atoms with van der Waals surface area (Å²) in [4.78, 5) is 23.3. The van der Waals surface area contributed by atoms with Gasteiger partial charge in [0, 0.05) is 25.1 Å². The topological polar surface area (TPSA) is 37.4 Å². The molecule has 0 atom stereocenters. The highest BCUT2D eigenvalue weighted by atomic mass is 32.2. The fourth-order valence-corrected chi connectivity index (χ4v) is 1.66. The van der Waals surface area contributed by atoms with E-state index in [1.165, 1.54) is 4.90 Å². The molecule has 1 heterocycles. The second kappa shape index (κ2) is 3.26. The van der Waals surface area contributed by atoms with E-state index in [4.69, 9.17) is 0 Å². The van der Waals surface area contributed by atoms with Crippen molar-refractivity contribution < 1.29 is 9.59 Å². The quantitative estimate of drug-likeness (QED) is 0.542. The zero-order valence-electron chi connectivity index (χ0n) is 6.66. The van der Waals surface area contributed by atoms with E-state index < -0.39 is 0 Å². The van der Waals surface area contributed by atoms with E-state index in [2.05, 4.69) is 0 Å². The lowest BCUT2D eigenvalue weighted by atomic mass is 10.1. The lowest BCUT2D eigenvalue weighted by Crippen LogP contribution is -2.41. The van der Waals surface area contributed by atoms with E-state index >= 15 is 0 Å². The van der Waals surface area contributed by atoms with Gasteiger partial charge in [-0.15, -0.1) is 0 Å². The molecule has 1 fully saturated rings. The van der Waals surface area contributed by atoms with Gasteiger partial charge in [0.15, 0.2) is 0 Å². The molecule has 0 saturated carbocycles. The fraction of sp³-hybridized carbons (Fsp3) is 0.714. The van der Waals surface area contributed by atoms with Crippen molar-refractivity contribution in [2.45, 2.75) is 18.1 Å². The maximum absolute atomic E-state index is 11.1. The molecule has 4 heteroatoms. The molecule has 3 nitrogen and oxygen atoms in total. The Morgan fingerprint density at radius 1 is 1.36 bits per heavy atom. The van der Waals surface area contributed by atoms with Crippen LogP contribution < -0.4 is 0 Å². The van der Waals surface area contributed by atoms with E-state index in [1.807, 2.05) is 6.26 Å². The molecule has 0 aliphatic carbocycles. The fourth-order valence-electron chi connectivity index (χ4n) is 1.04. The van der Waals surface area contributed by atoms with Crippen molar-refractivity contribution in [1.29, 1.82) is 0 Å². The summed E-state index contributed by atoms with van der Waals surface area (Å²) >= 11 is 1.59. The van der Waals surface area contributed by atoms with Gasteiger partial charge in [0.1, 0.15) is 0 Å². The lowest BCUT2D eigenvalue weighted by Gasteiger charge is -2.25. The van der Waals surface area contributed by atoms with Crippen molar-refractivity contribution >= 4 is 23.6 Å². The Bertz CT molecular complexity index is 175. The summed E-state index contributed by atoms with van der Waals surface area (Å²) in [5.74, 6) is -0.110. The molecule has 62 valence electrons. The lowest BCUT2D eigenvalue weighted by molar-refractivity contribution is -0.145. The van der Waals surface area contributed by atoms with Crippen LogP contribution in [-0.2, 0) is 9.59 Å². The average molecular weight is 173 g/mol. The molecular formula is C7H11NO2S. The van der Waals surface area contributed by atoms with Gasteiger partial charge in [-0.3, -0.25) is 14.5 Å². The molecule has 0 aromatic rings. The summed E-state index contributed by atoms with van der Waals surface area (Å²) in [6.45, 7) is 0. The largest absolute Gasteiger partial charge is 0.286 e. The molecule has 1 rings (SSSR count). The second-order valence-electron chi connectivity index (χ2n) is 2.61. The number of thioether (sulfide) groups is 1. The van der Waals surface area contributed by atoms with Crippen molar-refractivity contribution in [3.05, 3.63) is 0 Å². The maximum atomic E-state index is 11.1. The number of carbonyl (C=O) groups excluding carboxylic acids is 2. The summed E-state index contributed by atoms with van der Waals surface area (Å²) in [5, 5.41) is 0.200. The van der Waals surface area contributed by atoms with Gasteiger partial charge in [-0.2, -0.15) is 11.8 Å². The summed E-state index contributed by atoms with van der Waals surface area (Å²) < 4.78 is 0. The minimum absolute atomic E-state index is 0.0550. The first-order valence-corrected chi connectivity index (χ1v) is 4.76. The summed E-state index contributed by atoms with van der Waals surface area (Å²) in [6, 6.07) is 0. The molecule has 0 bridgehead atoms. The standard InChI is InChI=1S/C7H11NO2S/c1-8-6(9)3-5(11-2)4-7(8)10/h5H,3-4H2,1-2H3. The SMILES string of the molecule is CSC1CC(=O)N(C)C(=O)C1. The zero-order valence-corrected chi connectivity index (χ0v) is 7.48. The molecule has 1 aliphatic rings. The molecule has 11 heavy (non-hydrogen) atoms. The van der Waals surface area contributed by atoms with Gasteiger partial charge >= 0.3 is 0 Å². The van der Waals surface area contributed by atoms with Gasteiger partial charge in [-0.1, -0.05) is 0 Å². The summed E-state index contributed by atoms with van der Waals surface area (Å²) in [6.07, 6.45) is 2.93. The minimum Gasteiger partial charge on any atom is -0.286 e. The summed E-state index contributed by atoms with van der Waals surface area (Å²) in [5.41, 5.74) is 0. The molecule has 0 aromatic carbocycles. The Kier molecular flexibility index (Phi) is 2.54. The number of hydrogen-bond donors (Lipinski definition) is 0. The highest BCUT2D eigenvalue weighted by Crippen LogP contribution is 2.21. The number of rotatable bonds is 1. The van der Waals surface area contributed by atoms with Crippen LogP contribution in [0.5, 0.6) is 0 Å². The molecule has 2 amide bonds. The number of hydrogen-bond acceptors (Lipinski definition) is 3.